The minimum absolute atomic E-state index is 0.0487. The number of hydrogen-bond donors (Lipinski definition) is 5. The lowest BCUT2D eigenvalue weighted by Crippen LogP contribution is -2.66. The Morgan fingerprint density at radius 1 is 0.851 bits per heavy atom. The number of sulfonamides is 1. The molecule has 550 valence electrons. The van der Waals surface area contributed by atoms with Gasteiger partial charge in [-0.25, -0.2) is 35.3 Å². The third-order valence-corrected chi connectivity index (χ3v) is 25.9. The van der Waals surface area contributed by atoms with Crippen molar-refractivity contribution < 1.29 is 63.1 Å². The molecule has 5 aromatic rings. The summed E-state index contributed by atoms with van der Waals surface area (Å²) in [6.07, 6.45) is 4.63. The Morgan fingerprint density at radius 3 is 2.16 bits per heavy atom. The number of hydrogen-bond acceptors (Lipinski definition) is 16. The van der Waals surface area contributed by atoms with Gasteiger partial charge in [0.05, 0.1) is 38.8 Å². The number of thiazole rings is 1. The molecule has 5 atom stereocenters. The van der Waals surface area contributed by atoms with Crippen LogP contribution in [0.5, 0.6) is 0 Å². The number of aromatic nitrogens is 1. The number of alkyl halides is 5. The number of likely N-dealkylation sites (tertiary alicyclic amines) is 1. The number of aliphatic hydroxyl groups excluding tert-OH is 1. The molecule has 4 aliphatic carbocycles. The van der Waals surface area contributed by atoms with E-state index in [1.54, 1.807) is 29.0 Å². The second kappa shape index (κ2) is 31.5. The molecule has 1 aromatic heterocycles. The maximum atomic E-state index is 14.6. The maximum absolute atomic E-state index is 14.6. The number of rotatable bonds is 30. The highest BCUT2D eigenvalue weighted by atomic mass is 32.2. The largest absolute Gasteiger partial charge is 0.501 e. The number of sulfone groups is 1. The summed E-state index contributed by atoms with van der Waals surface area (Å²) in [5.41, 5.74) is 0.342. The van der Waals surface area contributed by atoms with Crippen molar-refractivity contribution in [3.05, 3.63) is 131 Å². The molecule has 0 spiro atoms. The van der Waals surface area contributed by atoms with Crippen LogP contribution in [0.1, 0.15) is 153 Å². The summed E-state index contributed by atoms with van der Waals surface area (Å²) in [6.45, 7) is 18.4. The summed E-state index contributed by atoms with van der Waals surface area (Å²) in [5.74, 6) is -2.01. The van der Waals surface area contributed by atoms with Gasteiger partial charge in [0, 0.05) is 85.5 Å². The van der Waals surface area contributed by atoms with Crippen LogP contribution in [-0.4, -0.2) is 167 Å². The minimum atomic E-state index is -6.18. The van der Waals surface area contributed by atoms with Gasteiger partial charge in [-0.2, -0.15) is 13.2 Å². The van der Waals surface area contributed by atoms with Crippen LogP contribution < -0.4 is 25.6 Å². The van der Waals surface area contributed by atoms with Gasteiger partial charge in [-0.1, -0.05) is 101 Å². The van der Waals surface area contributed by atoms with Crippen molar-refractivity contribution in [2.45, 2.75) is 189 Å². The quantitative estimate of drug-likeness (QED) is 0.0125. The van der Waals surface area contributed by atoms with Crippen molar-refractivity contribution in [3.63, 3.8) is 0 Å². The lowest BCUT2D eigenvalue weighted by Gasteiger charge is -2.72. The van der Waals surface area contributed by atoms with E-state index < -0.39 is 106 Å². The Labute approximate surface area is 599 Å². The number of aliphatic hydroxyl groups is 1. The molecule has 6 aliphatic rings. The fourth-order valence-electron chi connectivity index (χ4n) is 15.0. The zero-order chi connectivity index (χ0) is 73.0. The molecule has 5 fully saturated rings. The maximum Gasteiger partial charge on any atom is 0.501 e. The highest BCUT2D eigenvalue weighted by Crippen LogP contribution is 2.79. The van der Waals surface area contributed by atoms with Gasteiger partial charge in [0.15, 0.2) is 0 Å². The SMILES string of the molecule is Cc1ncsc1-c1ccc([C@H](C)NC(=O)[C@@H]2C[C@@H](O)CN2C(=O)C(NC(=O)CCCCCCN(C)CCC(CSc2ccccc2)Nc2ccc(S(=O)(=O)NC(=O)c3ccc(N4CCN(CC5=C(C67CC(C(F)F)(C6)C7)CC(C)(C)CC5)CC4)cc3)cc2S(=O)(=O)C(F)(F)F)C(C)(C)C)cc1. The molecule has 18 nitrogen and oxygen atoms in total. The van der Waals surface area contributed by atoms with E-state index in [0.29, 0.717) is 70.8 Å². The van der Waals surface area contributed by atoms with Crippen molar-refractivity contribution in [3.8, 4) is 10.4 Å². The Morgan fingerprint density at radius 2 is 1.52 bits per heavy atom. The summed E-state index contributed by atoms with van der Waals surface area (Å²) < 4.78 is 128. The minimum Gasteiger partial charge on any atom is -0.391 e. The monoisotopic (exact) mass is 1480 g/mol. The molecule has 4 aromatic carbocycles. The van der Waals surface area contributed by atoms with Gasteiger partial charge in [-0.3, -0.25) is 24.1 Å². The van der Waals surface area contributed by atoms with E-state index in [1.807, 2.05) is 106 Å². The summed E-state index contributed by atoms with van der Waals surface area (Å²) in [5, 5.41) is 19.7. The zero-order valence-corrected chi connectivity index (χ0v) is 62.1. The summed E-state index contributed by atoms with van der Waals surface area (Å²) in [4.78, 5) is 67.2. The van der Waals surface area contributed by atoms with Crippen LogP contribution in [-0.2, 0) is 34.2 Å². The molecule has 4 amide bonds. The number of amides is 4. The Balaban J connectivity index is 0.701. The standard InChI is InChI=1S/C74H96F5N9O9S4/c1-48(50-19-21-51(22-20-50)64-49(2)80-47-99-64)81-67(92)61-38-56(89)42-88(61)68(93)65(70(3,4)5)83-63(90)18-14-9-10-15-32-85(8)33-30-54(43-98-57-16-12-11-13-17-57)82-60-28-27-58(39-62(60)100(94,95)74(77,78)79)101(96,97)84-66(91)52-23-25-55(26-24-52)87-36-34-86(35-37-87)41-53-29-31-71(6,7)40-59(53)72-44-73(45-72,46-72)69(75)76/h11-13,16-17,19-28,39,47-48,54,56,61,65,69,82,89H,9-10,14-15,18,29-38,40-46H2,1-8H3,(H,81,92)(H,83,90)(H,84,91)/t48-,54?,56+,61-,65?,72?,73?/m0/s1. The fraction of sp³-hybridized carbons (Fsp3) is 0.554. The number of benzene rings is 4. The number of halogens is 5. The third kappa shape index (κ3) is 18.4. The summed E-state index contributed by atoms with van der Waals surface area (Å²) >= 11 is 2.94. The number of anilines is 2. The molecular formula is C74H96F5N9O9S4. The van der Waals surface area contributed by atoms with Gasteiger partial charge < -0.3 is 35.8 Å². The Bertz CT molecular complexity index is 4010. The molecule has 27 heteroatoms. The van der Waals surface area contributed by atoms with E-state index in [9.17, 15) is 63.1 Å². The predicted molar refractivity (Wildman–Crippen MR) is 385 cm³/mol. The van der Waals surface area contributed by atoms with E-state index in [4.69, 9.17) is 0 Å². The molecule has 2 saturated heterocycles. The van der Waals surface area contributed by atoms with E-state index in [0.717, 1.165) is 96.2 Å². The first-order valence-electron chi connectivity index (χ1n) is 34.9. The molecule has 101 heavy (non-hydrogen) atoms. The van der Waals surface area contributed by atoms with Crippen LogP contribution in [0.2, 0.25) is 0 Å². The molecular weight excluding hydrogens is 1380 g/mol. The molecule has 2 aliphatic heterocycles. The number of thioether (sulfide) groups is 1. The van der Waals surface area contributed by atoms with Crippen LogP contribution >= 0.6 is 23.1 Å². The molecule has 11 rings (SSSR count). The molecule has 3 heterocycles. The molecule has 0 radical (unpaired) electrons. The van der Waals surface area contributed by atoms with Gasteiger partial charge in [0.2, 0.25) is 24.1 Å². The predicted octanol–water partition coefficient (Wildman–Crippen LogP) is 12.8. The first-order chi connectivity index (χ1) is 47.6. The number of β-amino-alcohol motifs (C(OH)–C–C–N with tert-alkyl or cyclic N) is 1. The van der Waals surface area contributed by atoms with E-state index in [-0.39, 0.29) is 47.4 Å². The van der Waals surface area contributed by atoms with Gasteiger partial charge in [-0.05, 0) is 174 Å². The molecule has 3 saturated carbocycles. The normalized spacial score (nSPS) is 21.9. The number of carbonyl (C=O) groups excluding carboxylic acids is 4. The van der Waals surface area contributed by atoms with E-state index >= 15 is 0 Å². The van der Waals surface area contributed by atoms with Crippen LogP contribution in [0.4, 0.5) is 33.3 Å². The van der Waals surface area contributed by atoms with Gasteiger partial charge in [-0.15, -0.1) is 23.1 Å². The molecule has 2 bridgehead atoms. The van der Waals surface area contributed by atoms with Crippen LogP contribution in [0.3, 0.4) is 0 Å². The lowest BCUT2D eigenvalue weighted by atomic mass is 9.32. The Hall–Kier alpha value is -6.49. The molecule has 2 unspecified atom stereocenters. The number of allylic oxidation sites excluding steroid dienone is 1. The van der Waals surface area contributed by atoms with E-state index in [1.165, 1.54) is 39.9 Å². The second-order valence-corrected chi connectivity index (χ2v) is 35.9. The average molecular weight is 1480 g/mol. The average Bonchev–Trinajstić information content (AvgIpc) is 1.11. The number of nitrogens with one attached hydrogen (secondary N) is 4. The molecule has 5 N–H and O–H groups in total. The number of unbranched alkanes of at least 4 members (excludes halogenated alkanes) is 3. The zero-order valence-electron chi connectivity index (χ0n) is 58.8. The van der Waals surface area contributed by atoms with Crippen LogP contribution in [0.15, 0.2) is 128 Å². The lowest BCUT2D eigenvalue weighted by molar-refractivity contribution is -0.250. The van der Waals surface area contributed by atoms with Crippen molar-refractivity contribution in [1.82, 2.24) is 35.0 Å². The van der Waals surface area contributed by atoms with Crippen molar-refractivity contribution >= 4 is 78.0 Å². The fourth-order valence-corrected chi connectivity index (χ4v) is 18.8. The Kier molecular flexibility index (Phi) is 24.0. The number of carbonyl (C=O) groups is 4. The van der Waals surface area contributed by atoms with Crippen LogP contribution in [0.25, 0.3) is 10.4 Å². The van der Waals surface area contributed by atoms with Crippen LogP contribution in [0, 0.1) is 28.6 Å². The smallest absolute Gasteiger partial charge is 0.391 e. The van der Waals surface area contributed by atoms with Gasteiger partial charge in [0.1, 0.15) is 17.0 Å². The third-order valence-electron chi connectivity index (χ3n) is 20.9. The second-order valence-electron chi connectivity index (χ2n) is 30.4. The van der Waals surface area contributed by atoms with Crippen molar-refractivity contribution in [2.75, 3.05) is 75.4 Å². The highest BCUT2D eigenvalue weighted by molar-refractivity contribution is 7.99. The topological polar surface area (TPSA) is 231 Å². The van der Waals surface area contributed by atoms with Gasteiger partial charge >= 0.3 is 5.51 Å². The van der Waals surface area contributed by atoms with Gasteiger partial charge in [0.25, 0.3) is 25.8 Å². The number of piperazine rings is 1. The van der Waals surface area contributed by atoms with Crippen molar-refractivity contribution in [2.24, 2.45) is 21.7 Å². The first-order valence-corrected chi connectivity index (χ1v) is 39.7. The summed E-state index contributed by atoms with van der Waals surface area (Å²) in [6, 6.07) is 22.7. The van der Waals surface area contributed by atoms with E-state index in [2.05, 4.69) is 44.6 Å². The number of nitrogens with zero attached hydrogens (tertiary/aromatic N) is 5. The summed E-state index contributed by atoms with van der Waals surface area (Å²) in [7, 11) is -9.25. The number of aryl methyl sites for hydroxylation is 1. The highest BCUT2D eigenvalue weighted by Gasteiger charge is 2.73. The van der Waals surface area contributed by atoms with Crippen molar-refractivity contribution in [1.29, 1.82) is 0 Å². The first kappa shape index (κ1) is 77.1.